The first kappa shape index (κ1) is 15.5. The molecular weight excluding hydrogens is 394 g/mol. The second kappa shape index (κ2) is 5.47. The van der Waals surface area contributed by atoms with Crippen molar-refractivity contribution in [3.05, 3.63) is 32.7 Å². The lowest BCUT2D eigenvalue weighted by atomic mass is 9.98. The Kier molecular flexibility index (Phi) is 4.45. The number of hydrogen-bond acceptors (Lipinski definition) is 3. The van der Waals surface area contributed by atoms with Gasteiger partial charge in [0.1, 0.15) is 0 Å². The van der Waals surface area contributed by atoms with Crippen molar-refractivity contribution < 1.29 is 8.42 Å². The van der Waals surface area contributed by atoms with Crippen molar-refractivity contribution in [1.29, 1.82) is 0 Å². The third-order valence-electron chi connectivity index (χ3n) is 3.50. The molecule has 2 atom stereocenters. The minimum Gasteiger partial charge on any atom is -0.304 e. The summed E-state index contributed by atoms with van der Waals surface area (Å²) in [4.78, 5) is 0. The van der Waals surface area contributed by atoms with Gasteiger partial charge in [0.2, 0.25) is 0 Å². The molecule has 0 amide bonds. The molecule has 2 unspecified atom stereocenters. The van der Waals surface area contributed by atoms with Crippen molar-refractivity contribution in [2.75, 3.05) is 11.5 Å². The molecule has 2 rings (SSSR count). The molecule has 1 N–H and O–H groups in total. The molecule has 1 heterocycles. The van der Waals surface area contributed by atoms with Crippen LogP contribution >= 0.6 is 31.9 Å². The van der Waals surface area contributed by atoms with E-state index in [9.17, 15) is 8.42 Å². The van der Waals surface area contributed by atoms with Gasteiger partial charge in [-0.05, 0) is 38.0 Å². The molecule has 0 bridgehead atoms. The number of rotatable bonds is 3. The lowest BCUT2D eigenvalue weighted by molar-refractivity contribution is 0.355. The molecule has 6 heteroatoms. The van der Waals surface area contributed by atoms with Crippen molar-refractivity contribution >= 4 is 41.7 Å². The van der Waals surface area contributed by atoms with Gasteiger partial charge in [-0.2, -0.15) is 0 Å². The Balaban J connectivity index is 2.15. The van der Waals surface area contributed by atoms with Gasteiger partial charge in [0.25, 0.3) is 0 Å². The molecule has 106 valence electrons. The molecule has 0 saturated carbocycles. The molecule has 1 aromatic rings. The van der Waals surface area contributed by atoms with Crippen LogP contribution < -0.4 is 5.32 Å². The number of benzene rings is 1. The van der Waals surface area contributed by atoms with Crippen LogP contribution in [0.3, 0.4) is 0 Å². The van der Waals surface area contributed by atoms with Gasteiger partial charge >= 0.3 is 0 Å². The third kappa shape index (κ3) is 3.80. The fourth-order valence-electron chi connectivity index (χ4n) is 2.58. The van der Waals surface area contributed by atoms with Gasteiger partial charge in [-0.15, -0.1) is 0 Å². The van der Waals surface area contributed by atoms with Crippen molar-refractivity contribution in [3.8, 4) is 0 Å². The van der Waals surface area contributed by atoms with Gasteiger partial charge in [0, 0.05) is 20.5 Å². The van der Waals surface area contributed by atoms with Gasteiger partial charge in [0.15, 0.2) is 9.84 Å². The first-order chi connectivity index (χ1) is 8.71. The second-order valence-corrected chi connectivity index (χ2v) is 9.39. The first-order valence-corrected chi connectivity index (χ1v) is 9.55. The number of sulfone groups is 1. The lowest BCUT2D eigenvalue weighted by Crippen LogP contribution is -2.44. The normalized spacial score (nSPS) is 27.4. The minimum absolute atomic E-state index is 0.0979. The molecule has 1 aliphatic heterocycles. The predicted molar refractivity (Wildman–Crippen MR) is 85.1 cm³/mol. The second-order valence-electron chi connectivity index (χ2n) is 5.43. The van der Waals surface area contributed by atoms with Crippen LogP contribution in [0.4, 0.5) is 0 Å². The first-order valence-electron chi connectivity index (χ1n) is 6.14. The summed E-state index contributed by atoms with van der Waals surface area (Å²) in [5.41, 5.74) is 0.804. The van der Waals surface area contributed by atoms with Crippen LogP contribution in [0.2, 0.25) is 0 Å². The zero-order chi connectivity index (χ0) is 14.3. The molecule has 0 aliphatic carbocycles. The van der Waals surface area contributed by atoms with Crippen LogP contribution in [0.1, 0.15) is 31.9 Å². The summed E-state index contributed by atoms with van der Waals surface area (Å²) in [6.07, 6.45) is 0.674. The molecule has 19 heavy (non-hydrogen) atoms. The molecule has 0 aromatic heterocycles. The molecule has 1 aliphatic rings. The van der Waals surface area contributed by atoms with Crippen molar-refractivity contribution in [2.45, 2.75) is 31.8 Å². The maximum atomic E-state index is 11.6. The molecule has 0 radical (unpaired) electrons. The van der Waals surface area contributed by atoms with E-state index in [2.05, 4.69) is 44.1 Å². The van der Waals surface area contributed by atoms with Crippen LogP contribution in [-0.4, -0.2) is 25.5 Å². The average Bonchev–Trinajstić information content (AvgIpc) is 2.52. The molecule has 1 aromatic carbocycles. The lowest BCUT2D eigenvalue weighted by Gasteiger charge is -2.29. The van der Waals surface area contributed by atoms with Crippen LogP contribution in [0, 0.1) is 0 Å². The number of halogens is 2. The van der Waals surface area contributed by atoms with E-state index in [-0.39, 0.29) is 23.1 Å². The van der Waals surface area contributed by atoms with E-state index in [0.29, 0.717) is 6.42 Å². The Labute approximate surface area is 131 Å². The van der Waals surface area contributed by atoms with Crippen molar-refractivity contribution in [1.82, 2.24) is 5.32 Å². The Morgan fingerprint density at radius 2 is 2.05 bits per heavy atom. The standard InChI is InChI=1S/C13H17Br2NO2S/c1-9(11-4-3-10(14)7-12(11)15)16-13(2)5-6-19(17,18)8-13/h3-4,7,9,16H,5-6,8H2,1-2H3. The van der Waals surface area contributed by atoms with E-state index in [1.54, 1.807) is 0 Å². The van der Waals surface area contributed by atoms with E-state index in [0.717, 1.165) is 14.5 Å². The summed E-state index contributed by atoms with van der Waals surface area (Å²) in [6, 6.07) is 6.13. The van der Waals surface area contributed by atoms with Crippen molar-refractivity contribution in [2.24, 2.45) is 0 Å². The summed E-state index contributed by atoms with van der Waals surface area (Å²) in [5, 5.41) is 3.46. The van der Waals surface area contributed by atoms with Crippen LogP contribution in [0.5, 0.6) is 0 Å². The summed E-state index contributed by atoms with van der Waals surface area (Å²) < 4.78 is 25.3. The number of nitrogens with one attached hydrogen (secondary N) is 1. The highest BCUT2D eigenvalue weighted by molar-refractivity contribution is 9.11. The van der Waals surface area contributed by atoms with E-state index >= 15 is 0 Å². The van der Waals surface area contributed by atoms with E-state index in [1.165, 1.54) is 0 Å². The van der Waals surface area contributed by atoms with Gasteiger partial charge in [-0.1, -0.05) is 37.9 Å². The average molecular weight is 411 g/mol. The highest BCUT2D eigenvalue weighted by Gasteiger charge is 2.39. The fourth-order valence-corrected chi connectivity index (χ4v) is 6.07. The van der Waals surface area contributed by atoms with Crippen LogP contribution in [0.25, 0.3) is 0 Å². The Morgan fingerprint density at radius 1 is 1.37 bits per heavy atom. The summed E-state index contributed by atoms with van der Waals surface area (Å²) in [7, 11) is -2.88. The summed E-state index contributed by atoms with van der Waals surface area (Å²) in [6.45, 7) is 4.05. The van der Waals surface area contributed by atoms with E-state index in [1.807, 2.05) is 25.1 Å². The molecule has 0 spiro atoms. The van der Waals surface area contributed by atoms with Crippen molar-refractivity contribution in [3.63, 3.8) is 0 Å². The predicted octanol–water partition coefficient (Wildman–Crippen LogP) is 3.44. The third-order valence-corrected chi connectivity index (χ3v) is 6.58. The topological polar surface area (TPSA) is 46.2 Å². The van der Waals surface area contributed by atoms with Gasteiger partial charge in [0.05, 0.1) is 11.5 Å². The van der Waals surface area contributed by atoms with E-state index in [4.69, 9.17) is 0 Å². The SMILES string of the molecule is CC(NC1(C)CCS(=O)(=O)C1)c1ccc(Br)cc1Br. The molecule has 3 nitrogen and oxygen atoms in total. The van der Waals surface area contributed by atoms with E-state index < -0.39 is 9.84 Å². The minimum atomic E-state index is -2.88. The highest BCUT2D eigenvalue weighted by Crippen LogP contribution is 2.31. The largest absolute Gasteiger partial charge is 0.304 e. The van der Waals surface area contributed by atoms with Gasteiger partial charge in [-0.3, -0.25) is 0 Å². The Hall–Kier alpha value is 0.0900. The Morgan fingerprint density at radius 3 is 2.58 bits per heavy atom. The number of hydrogen-bond donors (Lipinski definition) is 1. The van der Waals surface area contributed by atoms with Gasteiger partial charge < -0.3 is 5.32 Å². The maximum Gasteiger partial charge on any atom is 0.152 e. The maximum absolute atomic E-state index is 11.6. The fraction of sp³-hybridized carbons (Fsp3) is 0.538. The molecule has 1 saturated heterocycles. The smallest absolute Gasteiger partial charge is 0.152 e. The highest BCUT2D eigenvalue weighted by atomic mass is 79.9. The monoisotopic (exact) mass is 409 g/mol. The van der Waals surface area contributed by atoms with Gasteiger partial charge in [-0.25, -0.2) is 8.42 Å². The summed E-state index contributed by atoms with van der Waals surface area (Å²) >= 11 is 6.98. The zero-order valence-electron chi connectivity index (χ0n) is 10.9. The van der Waals surface area contributed by atoms with Crippen LogP contribution in [-0.2, 0) is 9.84 Å². The molecule has 1 fully saturated rings. The summed E-state index contributed by atoms with van der Waals surface area (Å²) in [5.74, 6) is 0.503. The molecular formula is C13H17Br2NO2S. The quantitative estimate of drug-likeness (QED) is 0.829. The van der Waals surface area contributed by atoms with Crippen LogP contribution in [0.15, 0.2) is 27.1 Å². The Bertz CT molecular complexity index is 588. The zero-order valence-corrected chi connectivity index (χ0v) is 14.9.